The SMILES string of the molecule is CC(C)C[C@H](NC(=O)c1cc(-c2ccccc2)n(-c2ccnc3cc(Cl)ccc23)n1)C(=O)O. The van der Waals surface area contributed by atoms with E-state index in [4.69, 9.17) is 11.6 Å². The van der Waals surface area contributed by atoms with Crippen LogP contribution in [0.5, 0.6) is 0 Å². The number of amides is 1. The Bertz CT molecular complexity index is 1320. The number of nitrogens with zero attached hydrogens (tertiary/aromatic N) is 3. The van der Waals surface area contributed by atoms with Crippen LogP contribution < -0.4 is 5.32 Å². The van der Waals surface area contributed by atoms with Crippen molar-refractivity contribution in [1.82, 2.24) is 20.1 Å². The highest BCUT2D eigenvalue weighted by Gasteiger charge is 2.24. The first-order valence-electron chi connectivity index (χ1n) is 10.6. The van der Waals surface area contributed by atoms with Gasteiger partial charge in [0.15, 0.2) is 5.69 Å². The number of hydrogen-bond donors (Lipinski definition) is 2. The number of aliphatic carboxylic acids is 1. The van der Waals surface area contributed by atoms with Crippen LogP contribution in [0.15, 0.2) is 66.9 Å². The van der Waals surface area contributed by atoms with Crippen LogP contribution in [-0.2, 0) is 4.79 Å². The molecule has 2 N–H and O–H groups in total. The third-order valence-corrected chi connectivity index (χ3v) is 5.47. The number of rotatable bonds is 7. The van der Waals surface area contributed by atoms with Gasteiger partial charge in [0.05, 0.1) is 16.9 Å². The zero-order valence-corrected chi connectivity index (χ0v) is 19.0. The van der Waals surface area contributed by atoms with E-state index >= 15 is 0 Å². The highest BCUT2D eigenvalue weighted by molar-refractivity contribution is 6.31. The van der Waals surface area contributed by atoms with Crippen molar-refractivity contribution < 1.29 is 14.7 Å². The average molecular weight is 463 g/mol. The summed E-state index contributed by atoms with van der Waals surface area (Å²) in [7, 11) is 0. The fraction of sp³-hybridized carbons (Fsp3) is 0.200. The molecule has 168 valence electrons. The molecule has 2 aromatic heterocycles. The molecule has 33 heavy (non-hydrogen) atoms. The molecule has 2 aromatic carbocycles. The lowest BCUT2D eigenvalue weighted by Crippen LogP contribution is -2.41. The topological polar surface area (TPSA) is 97.1 Å². The van der Waals surface area contributed by atoms with E-state index < -0.39 is 17.9 Å². The van der Waals surface area contributed by atoms with Gasteiger partial charge in [-0.2, -0.15) is 5.10 Å². The number of hydrogen-bond acceptors (Lipinski definition) is 4. The van der Waals surface area contributed by atoms with Crippen LogP contribution in [0.4, 0.5) is 0 Å². The first-order chi connectivity index (χ1) is 15.8. The van der Waals surface area contributed by atoms with Gasteiger partial charge in [-0.15, -0.1) is 0 Å². The molecule has 0 unspecified atom stereocenters. The molecule has 0 radical (unpaired) electrons. The van der Waals surface area contributed by atoms with Gasteiger partial charge in [0.1, 0.15) is 6.04 Å². The summed E-state index contributed by atoms with van der Waals surface area (Å²) in [6.07, 6.45) is 1.98. The lowest BCUT2D eigenvalue weighted by Gasteiger charge is -2.15. The van der Waals surface area contributed by atoms with Crippen LogP contribution in [0.3, 0.4) is 0 Å². The molecule has 4 rings (SSSR count). The molecule has 0 spiro atoms. The summed E-state index contributed by atoms with van der Waals surface area (Å²) in [5.41, 5.74) is 3.11. The molecule has 0 aliphatic rings. The van der Waals surface area contributed by atoms with Crippen molar-refractivity contribution in [2.45, 2.75) is 26.3 Å². The van der Waals surface area contributed by atoms with E-state index in [0.717, 1.165) is 16.6 Å². The van der Waals surface area contributed by atoms with Crippen molar-refractivity contribution >= 4 is 34.4 Å². The first-order valence-corrected chi connectivity index (χ1v) is 10.9. The maximum Gasteiger partial charge on any atom is 0.326 e. The Morgan fingerprint density at radius 1 is 1.09 bits per heavy atom. The third kappa shape index (κ3) is 4.88. The summed E-state index contributed by atoms with van der Waals surface area (Å²) in [6, 6.07) is 17.5. The van der Waals surface area contributed by atoms with Gasteiger partial charge in [0.2, 0.25) is 0 Å². The Labute approximate surface area is 196 Å². The van der Waals surface area contributed by atoms with E-state index in [-0.39, 0.29) is 11.6 Å². The lowest BCUT2D eigenvalue weighted by atomic mass is 10.0. The fourth-order valence-corrected chi connectivity index (χ4v) is 3.87. The Balaban J connectivity index is 1.81. The number of fused-ring (bicyclic) bond motifs is 1. The number of nitrogens with one attached hydrogen (secondary N) is 1. The zero-order chi connectivity index (χ0) is 23.5. The predicted molar refractivity (Wildman–Crippen MR) is 128 cm³/mol. The number of carbonyl (C=O) groups excluding carboxylic acids is 1. The summed E-state index contributed by atoms with van der Waals surface area (Å²) < 4.78 is 1.68. The van der Waals surface area contributed by atoms with Gasteiger partial charge in [-0.3, -0.25) is 9.78 Å². The van der Waals surface area contributed by atoms with Gasteiger partial charge >= 0.3 is 5.97 Å². The molecule has 0 saturated carbocycles. The smallest absolute Gasteiger partial charge is 0.326 e. The normalized spacial score (nSPS) is 12.1. The van der Waals surface area contributed by atoms with Gasteiger partial charge < -0.3 is 10.4 Å². The van der Waals surface area contributed by atoms with E-state index in [1.807, 2.05) is 56.3 Å². The molecule has 1 amide bonds. The van der Waals surface area contributed by atoms with Gasteiger partial charge in [0, 0.05) is 22.2 Å². The molecule has 0 bridgehead atoms. The van der Waals surface area contributed by atoms with Crippen molar-refractivity contribution in [3.05, 3.63) is 77.6 Å². The van der Waals surface area contributed by atoms with Crippen molar-refractivity contribution in [1.29, 1.82) is 0 Å². The highest BCUT2D eigenvalue weighted by atomic mass is 35.5. The summed E-state index contributed by atoms with van der Waals surface area (Å²) in [5.74, 6) is -1.50. The van der Waals surface area contributed by atoms with E-state index in [9.17, 15) is 14.7 Å². The van der Waals surface area contributed by atoms with Gasteiger partial charge in [-0.1, -0.05) is 55.8 Å². The van der Waals surface area contributed by atoms with Gasteiger partial charge in [-0.25, -0.2) is 9.48 Å². The predicted octanol–water partition coefficient (Wildman–Crippen LogP) is 4.97. The summed E-state index contributed by atoms with van der Waals surface area (Å²) in [6.45, 7) is 3.82. The summed E-state index contributed by atoms with van der Waals surface area (Å²) >= 11 is 6.14. The maximum atomic E-state index is 13.0. The molecule has 0 aliphatic heterocycles. The van der Waals surface area contributed by atoms with Crippen LogP contribution in [0.1, 0.15) is 30.8 Å². The fourth-order valence-electron chi connectivity index (χ4n) is 3.71. The van der Waals surface area contributed by atoms with Crippen LogP contribution in [0, 0.1) is 5.92 Å². The Morgan fingerprint density at radius 3 is 2.55 bits per heavy atom. The van der Waals surface area contributed by atoms with Crippen LogP contribution in [0.2, 0.25) is 5.02 Å². The number of benzene rings is 2. The molecular formula is C25H23ClN4O3. The molecule has 8 heteroatoms. The molecule has 0 fully saturated rings. The second-order valence-corrected chi connectivity index (χ2v) is 8.61. The first kappa shape index (κ1) is 22.5. The minimum atomic E-state index is -1.07. The second-order valence-electron chi connectivity index (χ2n) is 8.18. The summed E-state index contributed by atoms with van der Waals surface area (Å²) in [5, 5.41) is 18.1. The minimum absolute atomic E-state index is 0.110. The van der Waals surface area contributed by atoms with Crippen molar-refractivity contribution in [3.8, 4) is 16.9 Å². The maximum absolute atomic E-state index is 13.0. The minimum Gasteiger partial charge on any atom is -0.480 e. The van der Waals surface area contributed by atoms with E-state index in [1.165, 1.54) is 0 Å². The number of carbonyl (C=O) groups is 2. The molecular weight excluding hydrogens is 440 g/mol. The van der Waals surface area contributed by atoms with Crippen LogP contribution >= 0.6 is 11.6 Å². The van der Waals surface area contributed by atoms with Gasteiger partial charge in [-0.05, 0) is 42.7 Å². The highest BCUT2D eigenvalue weighted by Crippen LogP contribution is 2.29. The largest absolute Gasteiger partial charge is 0.480 e. The molecule has 1 atom stereocenters. The van der Waals surface area contributed by atoms with E-state index in [1.54, 1.807) is 29.1 Å². The van der Waals surface area contributed by atoms with E-state index in [2.05, 4.69) is 15.4 Å². The number of halogens is 1. The quantitative estimate of drug-likeness (QED) is 0.404. The molecule has 0 aliphatic carbocycles. The number of carboxylic acid groups (broad SMARTS) is 1. The number of pyridine rings is 1. The van der Waals surface area contributed by atoms with Crippen LogP contribution in [0.25, 0.3) is 27.8 Å². The molecule has 7 nitrogen and oxygen atoms in total. The van der Waals surface area contributed by atoms with Crippen LogP contribution in [-0.4, -0.2) is 37.8 Å². The number of carboxylic acids is 1. The van der Waals surface area contributed by atoms with Crippen molar-refractivity contribution in [2.75, 3.05) is 0 Å². The third-order valence-electron chi connectivity index (χ3n) is 5.23. The van der Waals surface area contributed by atoms with E-state index in [0.29, 0.717) is 22.7 Å². The molecule has 0 saturated heterocycles. The molecule has 4 aromatic rings. The average Bonchev–Trinajstić information content (AvgIpc) is 3.23. The van der Waals surface area contributed by atoms with Gasteiger partial charge in [0.25, 0.3) is 5.91 Å². The Kier molecular flexibility index (Phi) is 6.42. The second kappa shape index (κ2) is 9.42. The monoisotopic (exact) mass is 462 g/mol. The van der Waals surface area contributed by atoms with Crippen molar-refractivity contribution in [2.24, 2.45) is 5.92 Å². The standard InChI is InChI=1S/C25H23ClN4O3/c1-15(2)12-21(25(32)33)28-24(31)20-14-23(16-6-4-3-5-7-16)30(29-20)22-10-11-27-19-13-17(26)8-9-18(19)22/h3-11,13-15,21H,12H2,1-2H3,(H,28,31)(H,32,33)/t21-/m0/s1. The number of aromatic nitrogens is 3. The summed E-state index contributed by atoms with van der Waals surface area (Å²) in [4.78, 5) is 29.0. The molecule has 2 heterocycles. The zero-order valence-electron chi connectivity index (χ0n) is 18.2. The Morgan fingerprint density at radius 2 is 1.85 bits per heavy atom. The lowest BCUT2D eigenvalue weighted by molar-refractivity contribution is -0.139. The van der Waals surface area contributed by atoms with Crippen molar-refractivity contribution in [3.63, 3.8) is 0 Å². The Hall–Kier alpha value is -3.71.